The number of carbonyl (C=O) groups is 1. The second-order valence-electron chi connectivity index (χ2n) is 5.01. The zero-order valence-electron chi connectivity index (χ0n) is 10.6. The SMILES string of the molecule is CC(C)(C)SC(=O)Cn1c(=O)sc2ccccc21. The van der Waals surface area contributed by atoms with Crippen LogP contribution in [-0.2, 0) is 11.3 Å². The molecule has 0 radical (unpaired) electrons. The molecule has 2 aromatic rings. The van der Waals surface area contributed by atoms with Crippen LogP contribution in [0, 0.1) is 0 Å². The van der Waals surface area contributed by atoms with Crippen LogP contribution in [0.2, 0.25) is 0 Å². The van der Waals surface area contributed by atoms with Gasteiger partial charge in [-0.25, -0.2) is 0 Å². The maximum Gasteiger partial charge on any atom is 0.308 e. The molecule has 3 nitrogen and oxygen atoms in total. The monoisotopic (exact) mass is 281 g/mol. The van der Waals surface area contributed by atoms with Gasteiger partial charge in [0.05, 0.1) is 16.8 Å². The van der Waals surface area contributed by atoms with Gasteiger partial charge in [0.15, 0.2) is 0 Å². The summed E-state index contributed by atoms with van der Waals surface area (Å²) in [6, 6.07) is 7.56. The van der Waals surface area contributed by atoms with Gasteiger partial charge < -0.3 is 0 Å². The Kier molecular flexibility index (Phi) is 3.64. The second-order valence-corrected chi connectivity index (χ2v) is 7.89. The Morgan fingerprint density at radius 3 is 2.67 bits per heavy atom. The van der Waals surface area contributed by atoms with Crippen molar-refractivity contribution in [1.29, 1.82) is 0 Å². The number of fused-ring (bicyclic) bond motifs is 1. The van der Waals surface area contributed by atoms with Crippen molar-refractivity contribution in [2.45, 2.75) is 32.1 Å². The molecule has 5 heteroatoms. The number of nitrogens with zero attached hydrogens (tertiary/aromatic N) is 1. The van der Waals surface area contributed by atoms with Crippen molar-refractivity contribution in [1.82, 2.24) is 4.57 Å². The predicted molar refractivity (Wildman–Crippen MR) is 78.4 cm³/mol. The summed E-state index contributed by atoms with van der Waals surface area (Å²) in [5.41, 5.74) is 0.843. The van der Waals surface area contributed by atoms with E-state index < -0.39 is 0 Å². The van der Waals surface area contributed by atoms with Gasteiger partial charge in [-0.1, -0.05) is 56.0 Å². The average molecular weight is 281 g/mol. The second kappa shape index (κ2) is 4.90. The molecule has 1 aromatic heterocycles. The van der Waals surface area contributed by atoms with Crippen molar-refractivity contribution in [3.63, 3.8) is 0 Å². The van der Waals surface area contributed by atoms with Gasteiger partial charge in [0, 0.05) is 4.75 Å². The van der Waals surface area contributed by atoms with Crippen molar-refractivity contribution in [3.05, 3.63) is 33.9 Å². The molecule has 0 amide bonds. The fourth-order valence-electron chi connectivity index (χ4n) is 1.67. The summed E-state index contributed by atoms with van der Waals surface area (Å²) in [7, 11) is 0. The Morgan fingerprint density at radius 2 is 2.00 bits per heavy atom. The Bertz CT molecular complexity index is 634. The molecule has 0 aliphatic carbocycles. The summed E-state index contributed by atoms with van der Waals surface area (Å²) in [5, 5.41) is 0.0214. The summed E-state index contributed by atoms with van der Waals surface area (Å²) in [6.45, 7) is 6.11. The molecule has 1 aromatic carbocycles. The van der Waals surface area contributed by atoms with E-state index in [1.165, 1.54) is 23.1 Å². The molecule has 0 aliphatic heterocycles. The minimum Gasteiger partial charge on any atom is -0.290 e. The number of para-hydroxylation sites is 1. The van der Waals surface area contributed by atoms with Crippen LogP contribution in [0.5, 0.6) is 0 Å². The lowest BCUT2D eigenvalue weighted by atomic mass is 10.3. The first-order valence-electron chi connectivity index (χ1n) is 5.67. The number of hydrogen-bond acceptors (Lipinski definition) is 4. The van der Waals surface area contributed by atoms with Crippen LogP contribution in [0.15, 0.2) is 29.1 Å². The number of thioether (sulfide) groups is 1. The quantitative estimate of drug-likeness (QED) is 0.849. The lowest BCUT2D eigenvalue weighted by molar-refractivity contribution is -0.111. The maximum absolute atomic E-state index is 11.9. The van der Waals surface area contributed by atoms with Crippen LogP contribution in [0.1, 0.15) is 20.8 Å². The zero-order chi connectivity index (χ0) is 13.3. The first kappa shape index (κ1) is 13.4. The van der Waals surface area contributed by atoms with Crippen LogP contribution in [-0.4, -0.2) is 14.4 Å². The molecule has 0 spiro atoms. The van der Waals surface area contributed by atoms with Gasteiger partial charge >= 0.3 is 4.87 Å². The fourth-order valence-corrected chi connectivity index (χ4v) is 3.43. The zero-order valence-corrected chi connectivity index (χ0v) is 12.2. The van der Waals surface area contributed by atoms with Crippen LogP contribution in [0.25, 0.3) is 10.2 Å². The largest absolute Gasteiger partial charge is 0.308 e. The summed E-state index contributed by atoms with van der Waals surface area (Å²) in [6.07, 6.45) is 0. The number of benzene rings is 1. The van der Waals surface area contributed by atoms with Crippen molar-refractivity contribution in [2.75, 3.05) is 0 Å². The minimum absolute atomic E-state index is 0.0214. The van der Waals surface area contributed by atoms with Gasteiger partial charge in [-0.3, -0.25) is 14.2 Å². The van der Waals surface area contributed by atoms with Crippen LogP contribution >= 0.6 is 23.1 Å². The molecule has 96 valence electrons. The number of hydrogen-bond donors (Lipinski definition) is 0. The molecule has 2 rings (SSSR count). The van der Waals surface area contributed by atoms with Gasteiger partial charge in [-0.2, -0.15) is 0 Å². The number of carbonyl (C=O) groups excluding carboxylic acids is 1. The van der Waals surface area contributed by atoms with Gasteiger partial charge in [0.25, 0.3) is 0 Å². The smallest absolute Gasteiger partial charge is 0.290 e. The van der Waals surface area contributed by atoms with Crippen molar-refractivity contribution >= 4 is 38.4 Å². The van der Waals surface area contributed by atoms with E-state index in [0.717, 1.165) is 10.2 Å². The molecular formula is C13H15NO2S2. The normalized spacial score (nSPS) is 11.9. The molecule has 0 bridgehead atoms. The lowest BCUT2D eigenvalue weighted by Crippen LogP contribution is -2.21. The molecule has 0 aliphatic rings. The van der Waals surface area contributed by atoms with Gasteiger partial charge in [0.2, 0.25) is 5.12 Å². The Hall–Kier alpha value is -1.07. The number of rotatable bonds is 2. The molecule has 0 saturated heterocycles. The van der Waals surface area contributed by atoms with E-state index in [-0.39, 0.29) is 21.3 Å². The number of thiazole rings is 1. The lowest BCUT2D eigenvalue weighted by Gasteiger charge is -2.16. The third-order valence-corrected chi connectivity index (χ3v) is 4.21. The summed E-state index contributed by atoms with van der Waals surface area (Å²) in [5.74, 6) is 0. The Balaban J connectivity index is 2.30. The van der Waals surface area contributed by atoms with Crippen molar-refractivity contribution < 1.29 is 4.79 Å². The van der Waals surface area contributed by atoms with Crippen molar-refractivity contribution in [3.8, 4) is 0 Å². The van der Waals surface area contributed by atoms with Crippen LogP contribution in [0.4, 0.5) is 0 Å². The highest BCUT2D eigenvalue weighted by molar-refractivity contribution is 8.14. The molecule has 0 saturated carbocycles. The molecule has 0 atom stereocenters. The van der Waals surface area contributed by atoms with Crippen LogP contribution in [0.3, 0.4) is 0 Å². The van der Waals surface area contributed by atoms with Gasteiger partial charge in [0.1, 0.15) is 0 Å². The van der Waals surface area contributed by atoms with E-state index in [2.05, 4.69) is 0 Å². The highest BCUT2D eigenvalue weighted by Gasteiger charge is 2.18. The Morgan fingerprint density at radius 1 is 1.33 bits per heavy atom. The molecule has 0 N–H and O–H groups in total. The van der Waals surface area contributed by atoms with Crippen LogP contribution < -0.4 is 4.87 Å². The van der Waals surface area contributed by atoms with E-state index in [0.29, 0.717) is 0 Å². The fraction of sp³-hybridized carbons (Fsp3) is 0.385. The van der Waals surface area contributed by atoms with E-state index in [1.807, 2.05) is 45.0 Å². The maximum atomic E-state index is 11.9. The molecule has 0 unspecified atom stereocenters. The molecular weight excluding hydrogens is 266 g/mol. The summed E-state index contributed by atoms with van der Waals surface area (Å²) >= 11 is 2.46. The highest BCUT2D eigenvalue weighted by Crippen LogP contribution is 2.25. The summed E-state index contributed by atoms with van der Waals surface area (Å²) < 4.78 is 2.36. The average Bonchev–Trinajstić information content (AvgIpc) is 2.53. The van der Waals surface area contributed by atoms with E-state index in [4.69, 9.17) is 0 Å². The molecule has 18 heavy (non-hydrogen) atoms. The Labute approximate surface area is 114 Å². The molecule has 1 heterocycles. The topological polar surface area (TPSA) is 39.1 Å². The standard InChI is InChI=1S/C13H15NO2S2/c1-13(2,3)18-11(15)8-14-9-6-4-5-7-10(9)17-12(14)16/h4-7H,8H2,1-3H3. The van der Waals surface area contributed by atoms with Gasteiger partial charge in [-0.05, 0) is 12.1 Å². The van der Waals surface area contributed by atoms with Gasteiger partial charge in [-0.15, -0.1) is 0 Å². The molecule has 0 fully saturated rings. The number of aromatic nitrogens is 1. The van der Waals surface area contributed by atoms with E-state index in [1.54, 1.807) is 4.57 Å². The first-order chi connectivity index (χ1) is 8.37. The summed E-state index contributed by atoms with van der Waals surface area (Å²) in [4.78, 5) is 23.7. The highest BCUT2D eigenvalue weighted by atomic mass is 32.2. The third-order valence-electron chi connectivity index (χ3n) is 2.28. The first-order valence-corrected chi connectivity index (χ1v) is 7.30. The predicted octanol–water partition coefficient (Wildman–Crippen LogP) is 3.12. The minimum atomic E-state index is -0.119. The van der Waals surface area contributed by atoms with Crippen molar-refractivity contribution in [2.24, 2.45) is 0 Å². The van der Waals surface area contributed by atoms with E-state index >= 15 is 0 Å². The van der Waals surface area contributed by atoms with E-state index in [9.17, 15) is 9.59 Å². The third kappa shape index (κ3) is 3.03.